The van der Waals surface area contributed by atoms with Gasteiger partial charge in [0.25, 0.3) is 0 Å². The summed E-state index contributed by atoms with van der Waals surface area (Å²) in [5, 5.41) is 2.93. The summed E-state index contributed by atoms with van der Waals surface area (Å²) < 4.78 is 0. The van der Waals surface area contributed by atoms with Crippen molar-refractivity contribution in [3.63, 3.8) is 0 Å². The van der Waals surface area contributed by atoms with Crippen molar-refractivity contribution in [3.8, 4) is 0 Å². The van der Waals surface area contributed by atoms with E-state index in [0.29, 0.717) is 24.5 Å². The Kier molecular flexibility index (Phi) is 5.87. The quantitative estimate of drug-likeness (QED) is 0.358. The molecule has 0 radical (unpaired) electrons. The van der Waals surface area contributed by atoms with Crippen molar-refractivity contribution in [2.24, 2.45) is 0 Å². The highest BCUT2D eigenvalue weighted by Crippen LogP contribution is 2.49. The molecule has 1 heterocycles. The molecular weight excluding hydrogens is 395 g/mol. The minimum atomic E-state index is 0.0226. The molecule has 0 fully saturated rings. The molecule has 3 aromatic rings. The second kappa shape index (κ2) is 8.04. The Hall–Kier alpha value is -2.02. The van der Waals surface area contributed by atoms with Crippen molar-refractivity contribution in [2.45, 2.75) is 105 Å². The van der Waals surface area contributed by atoms with E-state index in [1.165, 1.54) is 33.0 Å². The molecule has 0 unspecified atom stereocenters. The molecule has 1 aliphatic heterocycles. The third-order valence-electron chi connectivity index (χ3n) is 8.42. The first-order chi connectivity index (χ1) is 15.3. The van der Waals surface area contributed by atoms with E-state index in [1.54, 1.807) is 16.6 Å². The molecule has 3 aromatic carbocycles. The van der Waals surface area contributed by atoms with Crippen molar-refractivity contribution in [1.82, 2.24) is 0 Å². The van der Waals surface area contributed by atoms with Crippen LogP contribution in [0, 0.1) is 6.92 Å². The van der Waals surface area contributed by atoms with Gasteiger partial charge in [0.2, 0.25) is 0 Å². The number of benzene rings is 3. The molecule has 0 saturated heterocycles. The highest BCUT2D eigenvalue weighted by molar-refractivity contribution is 6.80. The maximum atomic E-state index is 2.54. The van der Waals surface area contributed by atoms with Crippen molar-refractivity contribution in [2.75, 3.05) is 0 Å². The van der Waals surface area contributed by atoms with Crippen LogP contribution in [0.5, 0.6) is 0 Å². The van der Waals surface area contributed by atoms with Crippen LogP contribution in [0.2, 0.25) is 0 Å². The second-order valence-corrected chi connectivity index (χ2v) is 12.7. The topological polar surface area (TPSA) is 0 Å². The SMILES string of the molecule is Cc1cc2c3c(cccc3c1)C(C)(C)B(c1c(C(C)C)cc(C(C)C)cc1C(C)C)C2(C)C. The van der Waals surface area contributed by atoms with Crippen LogP contribution in [0.4, 0.5) is 0 Å². The van der Waals surface area contributed by atoms with Gasteiger partial charge < -0.3 is 0 Å². The van der Waals surface area contributed by atoms with Crippen LogP contribution < -0.4 is 5.46 Å². The van der Waals surface area contributed by atoms with Crippen LogP contribution in [0.25, 0.3) is 10.8 Å². The van der Waals surface area contributed by atoms with E-state index in [2.05, 4.69) is 119 Å². The lowest BCUT2D eigenvalue weighted by Gasteiger charge is -2.50. The van der Waals surface area contributed by atoms with Gasteiger partial charge in [0.05, 0.1) is 0 Å². The summed E-state index contributed by atoms with van der Waals surface area (Å²) in [5.74, 6) is 1.54. The Bertz CT molecular complexity index is 1180. The maximum absolute atomic E-state index is 2.54. The van der Waals surface area contributed by atoms with Crippen LogP contribution in [-0.2, 0) is 10.6 Å². The van der Waals surface area contributed by atoms with E-state index in [1.807, 2.05) is 0 Å². The predicted octanol–water partition coefficient (Wildman–Crippen LogP) is 8.57. The van der Waals surface area contributed by atoms with Crippen LogP contribution in [0.3, 0.4) is 0 Å². The van der Waals surface area contributed by atoms with Gasteiger partial charge in [-0.1, -0.05) is 134 Å². The fourth-order valence-corrected chi connectivity index (χ4v) is 6.90. The molecule has 0 bridgehead atoms. The lowest BCUT2D eigenvalue weighted by atomic mass is 9.16. The summed E-state index contributed by atoms with van der Waals surface area (Å²) in [6, 6.07) is 16.9. The number of hydrogen-bond donors (Lipinski definition) is 0. The molecule has 4 rings (SSSR count). The zero-order valence-electron chi connectivity index (χ0n) is 22.9. The first-order valence-corrected chi connectivity index (χ1v) is 13.0. The van der Waals surface area contributed by atoms with E-state index in [0.717, 1.165) is 0 Å². The monoisotopic (exact) mass is 438 g/mol. The second-order valence-electron chi connectivity index (χ2n) is 12.7. The molecule has 0 spiro atoms. The average Bonchev–Trinajstić information content (AvgIpc) is 2.70. The largest absolute Gasteiger partial charge is 0.197 e. The molecule has 0 nitrogen and oxygen atoms in total. The Morgan fingerprint density at radius 1 is 0.667 bits per heavy atom. The van der Waals surface area contributed by atoms with Crippen LogP contribution in [0.1, 0.15) is 120 Å². The summed E-state index contributed by atoms with van der Waals surface area (Å²) in [6.07, 6.45) is 0. The molecule has 1 heteroatoms. The third kappa shape index (κ3) is 3.67. The molecule has 0 saturated carbocycles. The molecule has 0 amide bonds. The number of aryl methyl sites for hydroxylation is 1. The molecule has 0 atom stereocenters. The van der Waals surface area contributed by atoms with Gasteiger partial charge in [0, 0.05) is 0 Å². The molecule has 0 N–H and O–H groups in total. The minimum absolute atomic E-state index is 0.0226. The zero-order chi connectivity index (χ0) is 24.5. The fourth-order valence-electron chi connectivity index (χ4n) is 6.90. The van der Waals surface area contributed by atoms with Gasteiger partial charge in [-0.2, -0.15) is 0 Å². The third-order valence-corrected chi connectivity index (χ3v) is 8.42. The Morgan fingerprint density at radius 2 is 1.21 bits per heavy atom. The van der Waals surface area contributed by atoms with Crippen LogP contribution in [0.15, 0.2) is 42.5 Å². The molecule has 33 heavy (non-hydrogen) atoms. The smallest absolute Gasteiger partial charge is 0.0714 e. The van der Waals surface area contributed by atoms with E-state index >= 15 is 0 Å². The Labute approximate surface area is 203 Å². The van der Waals surface area contributed by atoms with Gasteiger partial charge in [-0.3, -0.25) is 0 Å². The summed E-state index contributed by atoms with van der Waals surface area (Å²) in [6.45, 7) is 26.9. The first-order valence-electron chi connectivity index (χ1n) is 13.0. The predicted molar refractivity (Wildman–Crippen MR) is 149 cm³/mol. The van der Waals surface area contributed by atoms with Gasteiger partial charge in [-0.15, -0.1) is 0 Å². The summed E-state index contributed by atoms with van der Waals surface area (Å²) >= 11 is 0. The normalized spacial score (nSPS) is 17.0. The van der Waals surface area contributed by atoms with E-state index < -0.39 is 0 Å². The van der Waals surface area contributed by atoms with E-state index in [4.69, 9.17) is 0 Å². The van der Waals surface area contributed by atoms with Gasteiger partial charge >= 0.3 is 0 Å². The van der Waals surface area contributed by atoms with Crippen molar-refractivity contribution in [3.05, 3.63) is 75.8 Å². The number of rotatable bonds is 4. The van der Waals surface area contributed by atoms with Gasteiger partial charge in [-0.05, 0) is 62.8 Å². The van der Waals surface area contributed by atoms with Gasteiger partial charge in [0.1, 0.15) is 0 Å². The summed E-state index contributed by atoms with van der Waals surface area (Å²) in [7, 11) is 0. The van der Waals surface area contributed by atoms with Crippen molar-refractivity contribution < 1.29 is 0 Å². The molecule has 0 aliphatic carbocycles. The average molecular weight is 439 g/mol. The van der Waals surface area contributed by atoms with E-state index in [9.17, 15) is 0 Å². The van der Waals surface area contributed by atoms with Crippen LogP contribution >= 0.6 is 0 Å². The highest BCUT2D eigenvalue weighted by Gasteiger charge is 2.53. The van der Waals surface area contributed by atoms with E-state index in [-0.39, 0.29) is 10.6 Å². The van der Waals surface area contributed by atoms with Gasteiger partial charge in [0.15, 0.2) is 6.71 Å². The molecule has 1 aliphatic rings. The lowest BCUT2D eigenvalue weighted by Crippen LogP contribution is -2.63. The van der Waals surface area contributed by atoms with Crippen LogP contribution in [-0.4, -0.2) is 6.71 Å². The molecule has 0 aromatic heterocycles. The van der Waals surface area contributed by atoms with Crippen molar-refractivity contribution >= 4 is 22.9 Å². The zero-order valence-corrected chi connectivity index (χ0v) is 22.9. The first kappa shape index (κ1) is 24.1. The molecule has 174 valence electrons. The highest BCUT2D eigenvalue weighted by atomic mass is 14.4. The molecular formula is C32H43B. The maximum Gasteiger partial charge on any atom is 0.197 e. The Morgan fingerprint density at radius 3 is 1.73 bits per heavy atom. The van der Waals surface area contributed by atoms with Gasteiger partial charge in [-0.25, -0.2) is 0 Å². The summed E-state index contributed by atoms with van der Waals surface area (Å²) in [4.78, 5) is 0. The standard InChI is InChI=1S/C32H43B/c1-19(2)24-17-25(20(3)4)30(26(18-24)21(5)6)33-31(8,9)27-14-12-13-23-15-22(7)16-28(29(23)27)32(33,10)11/h12-21H,1-11H3. The Balaban J connectivity index is 2.14. The van der Waals surface area contributed by atoms with Crippen molar-refractivity contribution in [1.29, 1.82) is 0 Å². The summed E-state index contributed by atoms with van der Waals surface area (Å²) in [5.41, 5.74) is 10.6. The lowest BCUT2D eigenvalue weighted by molar-refractivity contribution is 0.633. The fraction of sp³-hybridized carbons (Fsp3) is 0.500. The minimum Gasteiger partial charge on any atom is -0.0714 e. The number of hydrogen-bond acceptors (Lipinski definition) is 0.